The highest BCUT2D eigenvalue weighted by Crippen LogP contribution is 2.08. The summed E-state index contributed by atoms with van der Waals surface area (Å²) in [7, 11) is 5.72. The van der Waals surface area contributed by atoms with Gasteiger partial charge in [-0.2, -0.15) is 5.10 Å². The highest BCUT2D eigenvalue weighted by molar-refractivity contribution is 5.92. The third kappa shape index (κ3) is 3.45. The molecule has 0 unspecified atom stereocenters. The number of likely N-dealkylation sites (N-methyl/N-ethyl adjacent to an activating group) is 2. The van der Waals surface area contributed by atoms with Gasteiger partial charge in [0, 0.05) is 32.7 Å². The lowest BCUT2D eigenvalue weighted by Gasteiger charge is -2.18. The first kappa shape index (κ1) is 13.5. The Bertz CT molecular complexity index is 385. The summed E-state index contributed by atoms with van der Waals surface area (Å²) in [6.07, 6.45) is 0. The Morgan fingerprint density at radius 3 is 2.53 bits per heavy atom. The minimum Gasteiger partial charge on any atom is -0.384 e. The molecule has 0 aliphatic heterocycles. The molecule has 0 atom stereocenters. The lowest BCUT2D eigenvalue weighted by molar-refractivity contribution is 0.0779. The van der Waals surface area contributed by atoms with E-state index in [1.165, 1.54) is 0 Å². The molecule has 0 aliphatic carbocycles. The Balaban J connectivity index is 2.68. The van der Waals surface area contributed by atoms with Crippen molar-refractivity contribution in [2.24, 2.45) is 0 Å². The van der Waals surface area contributed by atoms with Crippen LogP contribution >= 0.6 is 0 Å². The largest absolute Gasteiger partial charge is 0.384 e. The van der Waals surface area contributed by atoms with Crippen LogP contribution in [0.25, 0.3) is 0 Å². The number of aromatic nitrogens is 2. The fourth-order valence-corrected chi connectivity index (χ4v) is 1.44. The van der Waals surface area contributed by atoms with Gasteiger partial charge in [-0.25, -0.2) is 4.68 Å². The molecule has 0 saturated heterocycles. The number of nitrogens with two attached hydrogens (primary N) is 1. The second-order valence-electron chi connectivity index (χ2n) is 4.30. The van der Waals surface area contributed by atoms with Crippen LogP contribution in [0.3, 0.4) is 0 Å². The Morgan fingerprint density at radius 2 is 2.06 bits per heavy atom. The molecule has 0 fully saturated rings. The molecule has 96 valence electrons. The molecule has 0 radical (unpaired) electrons. The Hall–Kier alpha value is -1.56. The maximum Gasteiger partial charge on any atom is 0.274 e. The standard InChI is InChI=1S/C11H21N5O/c1-5-16-10(12)8-9(13-16)11(17)15(4)7-6-14(2)3/h8H,5-7,12H2,1-4H3. The molecule has 6 nitrogen and oxygen atoms in total. The smallest absolute Gasteiger partial charge is 0.274 e. The summed E-state index contributed by atoms with van der Waals surface area (Å²) in [5.74, 6) is 0.433. The number of hydrogen-bond acceptors (Lipinski definition) is 4. The zero-order valence-corrected chi connectivity index (χ0v) is 11.0. The van der Waals surface area contributed by atoms with Crippen molar-refractivity contribution >= 4 is 11.7 Å². The topological polar surface area (TPSA) is 67.4 Å². The third-order valence-electron chi connectivity index (χ3n) is 2.56. The Labute approximate surface area is 102 Å². The van der Waals surface area contributed by atoms with Crippen LogP contribution in [0.15, 0.2) is 6.07 Å². The van der Waals surface area contributed by atoms with Crippen LogP contribution in [0.2, 0.25) is 0 Å². The fraction of sp³-hybridized carbons (Fsp3) is 0.636. The summed E-state index contributed by atoms with van der Waals surface area (Å²) < 4.78 is 1.62. The van der Waals surface area contributed by atoms with Crippen LogP contribution in [0.1, 0.15) is 17.4 Å². The minimum absolute atomic E-state index is 0.0919. The van der Waals surface area contributed by atoms with Crippen molar-refractivity contribution in [1.29, 1.82) is 0 Å². The van der Waals surface area contributed by atoms with Crippen LogP contribution in [-0.2, 0) is 6.54 Å². The lowest BCUT2D eigenvalue weighted by Crippen LogP contribution is -2.33. The van der Waals surface area contributed by atoms with E-state index in [0.717, 1.165) is 6.54 Å². The highest BCUT2D eigenvalue weighted by atomic mass is 16.2. The molecule has 0 spiro atoms. The van der Waals surface area contributed by atoms with Gasteiger partial charge < -0.3 is 15.5 Å². The van der Waals surface area contributed by atoms with E-state index in [1.54, 1.807) is 22.7 Å². The normalized spacial score (nSPS) is 10.9. The summed E-state index contributed by atoms with van der Waals surface area (Å²) in [5, 5.41) is 4.16. The number of carbonyl (C=O) groups excluding carboxylic acids is 1. The second kappa shape index (κ2) is 5.67. The van der Waals surface area contributed by atoms with Crippen LogP contribution in [0.4, 0.5) is 5.82 Å². The van der Waals surface area contributed by atoms with Crippen molar-refractivity contribution in [3.63, 3.8) is 0 Å². The van der Waals surface area contributed by atoms with E-state index in [4.69, 9.17) is 5.73 Å². The molecule has 1 heterocycles. The summed E-state index contributed by atoms with van der Waals surface area (Å²) in [6, 6.07) is 1.62. The number of aryl methyl sites for hydroxylation is 1. The van der Waals surface area contributed by atoms with Gasteiger partial charge in [0.1, 0.15) is 5.82 Å². The maximum absolute atomic E-state index is 12.0. The van der Waals surface area contributed by atoms with E-state index >= 15 is 0 Å². The number of anilines is 1. The molecule has 0 aromatic carbocycles. The number of nitrogens with zero attached hydrogens (tertiary/aromatic N) is 4. The van der Waals surface area contributed by atoms with Crippen molar-refractivity contribution in [2.75, 3.05) is 40.0 Å². The van der Waals surface area contributed by atoms with E-state index in [1.807, 2.05) is 25.9 Å². The quantitative estimate of drug-likeness (QED) is 0.792. The SMILES string of the molecule is CCn1nc(C(=O)N(C)CCN(C)C)cc1N. The van der Waals surface area contributed by atoms with E-state index < -0.39 is 0 Å². The van der Waals surface area contributed by atoms with Crippen LogP contribution in [-0.4, -0.2) is 59.7 Å². The Morgan fingerprint density at radius 1 is 1.41 bits per heavy atom. The predicted octanol–water partition coefficient (Wildman–Crippen LogP) is 0.119. The highest BCUT2D eigenvalue weighted by Gasteiger charge is 2.16. The lowest BCUT2D eigenvalue weighted by atomic mass is 10.3. The van der Waals surface area contributed by atoms with Crippen molar-refractivity contribution in [3.05, 3.63) is 11.8 Å². The van der Waals surface area contributed by atoms with Crippen LogP contribution < -0.4 is 5.73 Å². The number of nitrogen functional groups attached to an aromatic ring is 1. The first-order chi connectivity index (χ1) is 7.95. The average Bonchev–Trinajstić information content (AvgIpc) is 2.66. The van der Waals surface area contributed by atoms with Crippen LogP contribution in [0.5, 0.6) is 0 Å². The number of rotatable bonds is 5. The predicted molar refractivity (Wildman–Crippen MR) is 67.8 cm³/mol. The van der Waals surface area contributed by atoms with E-state index in [2.05, 4.69) is 5.10 Å². The van der Waals surface area contributed by atoms with Crippen molar-refractivity contribution < 1.29 is 4.79 Å². The van der Waals surface area contributed by atoms with Crippen molar-refractivity contribution in [2.45, 2.75) is 13.5 Å². The van der Waals surface area contributed by atoms with Gasteiger partial charge in [0.15, 0.2) is 5.69 Å². The number of hydrogen-bond donors (Lipinski definition) is 1. The third-order valence-corrected chi connectivity index (χ3v) is 2.56. The maximum atomic E-state index is 12.0. The summed E-state index contributed by atoms with van der Waals surface area (Å²) in [6.45, 7) is 4.10. The summed E-state index contributed by atoms with van der Waals surface area (Å²) in [4.78, 5) is 15.7. The molecular formula is C11H21N5O. The van der Waals surface area contributed by atoms with Gasteiger partial charge in [0.25, 0.3) is 5.91 Å². The molecule has 17 heavy (non-hydrogen) atoms. The molecule has 1 amide bonds. The van der Waals surface area contributed by atoms with Gasteiger partial charge in [-0.3, -0.25) is 4.79 Å². The fourth-order valence-electron chi connectivity index (χ4n) is 1.44. The van der Waals surface area contributed by atoms with E-state index in [9.17, 15) is 4.79 Å². The molecular weight excluding hydrogens is 218 g/mol. The summed E-state index contributed by atoms with van der Waals surface area (Å²) in [5.41, 5.74) is 6.14. The number of carbonyl (C=O) groups is 1. The van der Waals surface area contributed by atoms with Gasteiger partial charge in [-0.1, -0.05) is 0 Å². The van der Waals surface area contributed by atoms with Gasteiger partial charge in [-0.15, -0.1) is 0 Å². The number of amides is 1. The van der Waals surface area contributed by atoms with Gasteiger partial charge >= 0.3 is 0 Å². The van der Waals surface area contributed by atoms with E-state index in [-0.39, 0.29) is 5.91 Å². The monoisotopic (exact) mass is 239 g/mol. The van der Waals surface area contributed by atoms with Crippen LogP contribution in [0, 0.1) is 0 Å². The molecule has 1 rings (SSSR count). The Kier molecular flexibility index (Phi) is 4.51. The van der Waals surface area contributed by atoms with Gasteiger partial charge in [-0.05, 0) is 21.0 Å². The average molecular weight is 239 g/mol. The molecule has 0 saturated carbocycles. The second-order valence-corrected chi connectivity index (χ2v) is 4.30. The summed E-state index contributed by atoms with van der Waals surface area (Å²) >= 11 is 0. The van der Waals surface area contributed by atoms with Crippen molar-refractivity contribution in [1.82, 2.24) is 19.6 Å². The zero-order chi connectivity index (χ0) is 13.0. The van der Waals surface area contributed by atoms with Gasteiger partial charge in [0.05, 0.1) is 0 Å². The van der Waals surface area contributed by atoms with Crippen molar-refractivity contribution in [3.8, 4) is 0 Å². The minimum atomic E-state index is -0.0919. The van der Waals surface area contributed by atoms with Gasteiger partial charge in [0.2, 0.25) is 0 Å². The van der Waals surface area contributed by atoms with E-state index in [0.29, 0.717) is 24.6 Å². The molecule has 6 heteroatoms. The molecule has 0 aliphatic rings. The zero-order valence-electron chi connectivity index (χ0n) is 11.0. The molecule has 2 N–H and O–H groups in total. The molecule has 0 bridgehead atoms. The first-order valence-corrected chi connectivity index (χ1v) is 5.69. The molecule has 1 aromatic heterocycles. The molecule has 1 aromatic rings. The first-order valence-electron chi connectivity index (χ1n) is 5.69.